The lowest BCUT2D eigenvalue weighted by Crippen LogP contribution is -2.25. The Labute approximate surface area is 78.6 Å². The van der Waals surface area contributed by atoms with Gasteiger partial charge in [-0.05, 0) is 12.5 Å². The lowest BCUT2D eigenvalue weighted by Gasteiger charge is -1.90. The highest BCUT2D eigenvalue weighted by Gasteiger charge is 1.85. The molecule has 0 atom stereocenters. The summed E-state index contributed by atoms with van der Waals surface area (Å²) in [6.45, 7) is 2.08. The second-order valence-electron chi connectivity index (χ2n) is 2.75. The minimum Gasteiger partial charge on any atom is -0.748 e. The topological polar surface area (TPSA) is 61.1 Å². The van der Waals surface area contributed by atoms with E-state index in [1.807, 2.05) is 24.0 Å². The predicted octanol–water partition coefficient (Wildman–Crippen LogP) is -0.0191. The van der Waals surface area contributed by atoms with Gasteiger partial charge in [0.25, 0.3) is 0 Å². The van der Waals surface area contributed by atoms with Gasteiger partial charge >= 0.3 is 0 Å². The third-order valence-corrected chi connectivity index (χ3v) is 1.15. The lowest BCUT2D eigenvalue weighted by atomic mass is 10.3. The van der Waals surface area contributed by atoms with Crippen molar-refractivity contribution in [3.63, 3.8) is 0 Å². The van der Waals surface area contributed by atoms with E-state index in [1.54, 1.807) is 0 Å². The van der Waals surface area contributed by atoms with Crippen molar-refractivity contribution in [2.75, 3.05) is 6.26 Å². The van der Waals surface area contributed by atoms with Crippen LogP contribution in [0.2, 0.25) is 0 Å². The Balaban J connectivity index is 0.000000252. The van der Waals surface area contributed by atoms with Crippen molar-refractivity contribution in [3.8, 4) is 0 Å². The Hall–Kier alpha value is -0.940. The normalized spacial score (nSPS) is 10.2. The van der Waals surface area contributed by atoms with Gasteiger partial charge in [0.05, 0.1) is 10.1 Å². The fourth-order valence-electron chi connectivity index (χ4n) is 0.576. The molecule has 0 aromatic carbocycles. The third-order valence-electron chi connectivity index (χ3n) is 1.15. The zero-order valence-electron chi connectivity index (χ0n) is 7.89. The quantitative estimate of drug-likeness (QED) is 0.440. The zero-order valence-corrected chi connectivity index (χ0v) is 8.71. The van der Waals surface area contributed by atoms with Crippen LogP contribution in [-0.4, -0.2) is 19.2 Å². The molecular formula is C8H13NO3S. The molecule has 5 heteroatoms. The number of aromatic nitrogens is 1. The molecule has 0 unspecified atom stereocenters. The highest BCUT2D eigenvalue weighted by Crippen LogP contribution is 1.87. The van der Waals surface area contributed by atoms with E-state index in [0.29, 0.717) is 6.26 Å². The van der Waals surface area contributed by atoms with Crippen LogP contribution in [0.4, 0.5) is 0 Å². The van der Waals surface area contributed by atoms with E-state index in [4.69, 9.17) is 13.0 Å². The number of rotatable bonds is 0. The molecule has 0 aliphatic carbocycles. The van der Waals surface area contributed by atoms with E-state index in [2.05, 4.69) is 19.1 Å². The summed E-state index contributed by atoms with van der Waals surface area (Å²) >= 11 is 0. The van der Waals surface area contributed by atoms with E-state index in [9.17, 15) is 0 Å². The van der Waals surface area contributed by atoms with Crippen LogP contribution in [0.25, 0.3) is 0 Å². The molecule has 0 bridgehead atoms. The summed E-state index contributed by atoms with van der Waals surface area (Å²) in [4.78, 5) is 0. The van der Waals surface area contributed by atoms with Gasteiger partial charge in [-0.25, -0.2) is 13.0 Å². The van der Waals surface area contributed by atoms with E-state index in [0.717, 1.165) is 0 Å². The van der Waals surface area contributed by atoms with Gasteiger partial charge in [0.1, 0.15) is 7.05 Å². The van der Waals surface area contributed by atoms with Crippen LogP contribution in [0.3, 0.4) is 0 Å². The highest BCUT2D eigenvalue weighted by atomic mass is 32.2. The molecule has 0 N–H and O–H groups in total. The van der Waals surface area contributed by atoms with Crippen LogP contribution in [0, 0.1) is 6.92 Å². The van der Waals surface area contributed by atoms with Crippen molar-refractivity contribution >= 4 is 10.1 Å². The number of pyridine rings is 1. The Morgan fingerprint density at radius 2 is 1.62 bits per heavy atom. The van der Waals surface area contributed by atoms with E-state index in [1.165, 1.54) is 5.56 Å². The molecule has 0 fully saturated rings. The Morgan fingerprint density at radius 1 is 1.31 bits per heavy atom. The first-order valence-corrected chi connectivity index (χ1v) is 5.43. The first-order valence-electron chi connectivity index (χ1n) is 3.62. The van der Waals surface area contributed by atoms with Crippen LogP contribution in [0.5, 0.6) is 0 Å². The van der Waals surface area contributed by atoms with Gasteiger partial charge in [-0.15, -0.1) is 0 Å². The second kappa shape index (κ2) is 4.94. The minimum absolute atomic E-state index is 0.604. The van der Waals surface area contributed by atoms with Gasteiger partial charge < -0.3 is 4.55 Å². The average Bonchev–Trinajstić information content (AvgIpc) is 1.92. The lowest BCUT2D eigenvalue weighted by molar-refractivity contribution is -0.671. The van der Waals surface area contributed by atoms with Crippen LogP contribution in [0.15, 0.2) is 24.5 Å². The van der Waals surface area contributed by atoms with Gasteiger partial charge in [0.2, 0.25) is 0 Å². The van der Waals surface area contributed by atoms with Gasteiger partial charge in [-0.2, -0.15) is 0 Å². The van der Waals surface area contributed by atoms with Crippen molar-refractivity contribution in [1.82, 2.24) is 0 Å². The second-order valence-corrected chi connectivity index (χ2v) is 4.15. The fraction of sp³-hybridized carbons (Fsp3) is 0.375. The summed E-state index contributed by atoms with van der Waals surface area (Å²) in [7, 11) is -1.90. The maximum Gasteiger partial charge on any atom is 0.168 e. The summed E-state index contributed by atoms with van der Waals surface area (Å²) in [6.07, 6.45) is 4.68. The Bertz CT molecular complexity index is 313. The first kappa shape index (κ1) is 12.1. The largest absolute Gasteiger partial charge is 0.748 e. The van der Waals surface area contributed by atoms with Crippen molar-refractivity contribution in [3.05, 3.63) is 30.1 Å². The standard InChI is InChI=1S/C7H10N.CH4O3S/c1-7-3-5-8(2)6-4-7;1-5(2,3)4/h3-6H,1-2H3;1H3,(H,2,3,4)/q+1;/p-1. The summed E-state index contributed by atoms with van der Waals surface area (Å²) in [5.41, 5.74) is 1.31. The summed E-state index contributed by atoms with van der Waals surface area (Å²) in [6, 6.07) is 4.17. The fourth-order valence-corrected chi connectivity index (χ4v) is 0.576. The maximum absolute atomic E-state index is 9.08. The molecule has 0 saturated heterocycles. The molecule has 0 radical (unpaired) electrons. The van der Waals surface area contributed by atoms with Crippen molar-refractivity contribution < 1.29 is 17.5 Å². The smallest absolute Gasteiger partial charge is 0.168 e. The van der Waals surface area contributed by atoms with Gasteiger partial charge in [-0.1, -0.05) is 0 Å². The van der Waals surface area contributed by atoms with Crippen molar-refractivity contribution in [1.29, 1.82) is 0 Å². The van der Waals surface area contributed by atoms with E-state index >= 15 is 0 Å². The number of hydrogen-bond acceptors (Lipinski definition) is 3. The number of nitrogens with zero attached hydrogens (tertiary/aromatic N) is 1. The van der Waals surface area contributed by atoms with Crippen molar-refractivity contribution in [2.24, 2.45) is 7.05 Å². The summed E-state index contributed by atoms with van der Waals surface area (Å²) in [5.74, 6) is 0. The van der Waals surface area contributed by atoms with E-state index in [-0.39, 0.29) is 0 Å². The monoisotopic (exact) mass is 203 g/mol. The molecule has 13 heavy (non-hydrogen) atoms. The Morgan fingerprint density at radius 3 is 1.85 bits per heavy atom. The van der Waals surface area contributed by atoms with Gasteiger partial charge in [0.15, 0.2) is 12.4 Å². The van der Waals surface area contributed by atoms with Crippen LogP contribution < -0.4 is 4.57 Å². The van der Waals surface area contributed by atoms with Crippen LogP contribution >= 0.6 is 0 Å². The molecular weight excluding hydrogens is 190 g/mol. The summed E-state index contributed by atoms with van der Waals surface area (Å²) < 4.78 is 29.2. The number of aryl methyl sites for hydroxylation is 2. The maximum atomic E-state index is 9.08. The molecule has 1 heterocycles. The third kappa shape index (κ3) is 11.1. The molecule has 0 amide bonds. The highest BCUT2D eigenvalue weighted by molar-refractivity contribution is 7.84. The molecule has 0 aliphatic rings. The molecule has 1 aromatic heterocycles. The summed E-state index contributed by atoms with van der Waals surface area (Å²) in [5, 5.41) is 0. The number of hydrogen-bond donors (Lipinski definition) is 0. The molecule has 1 aromatic rings. The molecule has 0 aliphatic heterocycles. The van der Waals surface area contributed by atoms with E-state index < -0.39 is 10.1 Å². The molecule has 0 saturated carbocycles. The predicted molar refractivity (Wildman–Crippen MR) is 48.0 cm³/mol. The van der Waals surface area contributed by atoms with Crippen LogP contribution in [-0.2, 0) is 17.2 Å². The molecule has 0 spiro atoms. The average molecular weight is 203 g/mol. The first-order chi connectivity index (χ1) is 5.79. The van der Waals surface area contributed by atoms with Crippen LogP contribution in [0.1, 0.15) is 5.56 Å². The molecule has 74 valence electrons. The minimum atomic E-state index is -3.92. The van der Waals surface area contributed by atoms with Gasteiger partial charge in [0, 0.05) is 18.4 Å². The SMILES string of the molecule is CS(=O)(=O)[O-].Cc1cc[n+](C)cc1. The van der Waals surface area contributed by atoms with Crippen molar-refractivity contribution in [2.45, 2.75) is 6.92 Å². The molecule has 1 rings (SSSR count). The zero-order chi connectivity index (χ0) is 10.5. The molecule has 4 nitrogen and oxygen atoms in total. The van der Waals surface area contributed by atoms with Gasteiger partial charge in [-0.3, -0.25) is 0 Å². The Kier molecular flexibility index (Phi) is 4.58.